The number of carbonyl (C=O) groups excluding carboxylic acids is 1. The molecule has 2 aromatic rings. The van der Waals surface area contributed by atoms with E-state index in [4.69, 9.17) is 5.11 Å². The molecule has 7 heteroatoms. The number of hydrogen-bond acceptors (Lipinski definition) is 4. The number of rotatable bonds is 7. The molecule has 0 saturated carbocycles. The van der Waals surface area contributed by atoms with Crippen molar-refractivity contribution in [2.24, 2.45) is 7.05 Å². The smallest absolute Gasteiger partial charge is 0.241 e. The monoisotopic (exact) mass is 277 g/mol. The molecule has 0 spiro atoms. The first-order valence-corrected chi connectivity index (χ1v) is 6.42. The van der Waals surface area contributed by atoms with E-state index >= 15 is 0 Å². The lowest BCUT2D eigenvalue weighted by Crippen LogP contribution is -2.30. The van der Waals surface area contributed by atoms with Gasteiger partial charge in [-0.2, -0.15) is 5.10 Å². The van der Waals surface area contributed by atoms with Crippen molar-refractivity contribution in [1.29, 1.82) is 0 Å². The Morgan fingerprint density at radius 1 is 1.45 bits per heavy atom. The quantitative estimate of drug-likeness (QED) is 0.662. The third-order valence-electron chi connectivity index (χ3n) is 2.76. The number of nitrogens with one attached hydrogen (secondary N) is 2. The summed E-state index contributed by atoms with van der Waals surface area (Å²) >= 11 is 0. The number of aliphatic hydroxyl groups excluding tert-OH is 1. The molecule has 0 radical (unpaired) electrons. The Kier molecular flexibility index (Phi) is 4.78. The molecule has 7 nitrogen and oxygen atoms in total. The Morgan fingerprint density at radius 2 is 2.30 bits per heavy atom. The molecule has 0 bridgehead atoms. The van der Waals surface area contributed by atoms with E-state index in [0.29, 0.717) is 6.54 Å². The first kappa shape index (κ1) is 14.1. The van der Waals surface area contributed by atoms with Crippen molar-refractivity contribution >= 4 is 11.6 Å². The summed E-state index contributed by atoms with van der Waals surface area (Å²) in [5.74, 6) is -0.170. The van der Waals surface area contributed by atoms with Gasteiger partial charge in [-0.15, -0.1) is 0 Å². The van der Waals surface area contributed by atoms with Crippen LogP contribution in [-0.4, -0.2) is 38.5 Å². The number of amides is 1. The van der Waals surface area contributed by atoms with Gasteiger partial charge in [0.05, 0.1) is 18.5 Å². The first-order chi connectivity index (χ1) is 9.67. The number of hydrogen-bond donors (Lipinski definition) is 3. The van der Waals surface area contributed by atoms with Crippen LogP contribution in [0.2, 0.25) is 0 Å². The summed E-state index contributed by atoms with van der Waals surface area (Å²) in [6.07, 6.45) is 7.50. The summed E-state index contributed by atoms with van der Waals surface area (Å²) < 4.78 is 3.55. The van der Waals surface area contributed by atoms with Crippen LogP contribution >= 0.6 is 0 Å². The molecule has 2 heterocycles. The number of aromatic nitrogens is 3. The van der Waals surface area contributed by atoms with Crippen LogP contribution in [0.25, 0.3) is 0 Å². The predicted molar refractivity (Wildman–Crippen MR) is 75.1 cm³/mol. The van der Waals surface area contributed by atoms with E-state index in [9.17, 15) is 4.79 Å². The molecule has 0 unspecified atom stereocenters. The van der Waals surface area contributed by atoms with Crippen LogP contribution in [0.5, 0.6) is 0 Å². The molecule has 3 N–H and O–H groups in total. The lowest BCUT2D eigenvalue weighted by Gasteiger charge is -2.03. The lowest BCUT2D eigenvalue weighted by atomic mass is 10.3. The second-order valence-electron chi connectivity index (χ2n) is 4.54. The Balaban J connectivity index is 1.81. The van der Waals surface area contributed by atoms with Gasteiger partial charge in [0.1, 0.15) is 6.54 Å². The zero-order valence-electron chi connectivity index (χ0n) is 11.4. The second-order valence-corrected chi connectivity index (χ2v) is 4.54. The zero-order chi connectivity index (χ0) is 14.4. The fraction of sp³-hybridized carbons (Fsp3) is 0.385. The minimum Gasteiger partial charge on any atom is -0.395 e. The van der Waals surface area contributed by atoms with Crippen molar-refractivity contribution in [3.05, 3.63) is 36.4 Å². The highest BCUT2D eigenvalue weighted by Crippen LogP contribution is 2.08. The molecule has 108 valence electrons. The zero-order valence-corrected chi connectivity index (χ0v) is 11.4. The molecule has 0 aliphatic rings. The number of aliphatic hydroxyl groups is 1. The van der Waals surface area contributed by atoms with Crippen molar-refractivity contribution < 1.29 is 9.90 Å². The van der Waals surface area contributed by atoms with Crippen molar-refractivity contribution in [3.8, 4) is 0 Å². The van der Waals surface area contributed by atoms with E-state index in [1.165, 1.54) is 5.56 Å². The summed E-state index contributed by atoms with van der Waals surface area (Å²) in [6.45, 7) is 1.06. The van der Waals surface area contributed by atoms with Crippen molar-refractivity contribution in [1.82, 2.24) is 19.7 Å². The fourth-order valence-electron chi connectivity index (χ4n) is 1.81. The van der Waals surface area contributed by atoms with Crippen LogP contribution in [-0.2, 0) is 24.9 Å². The molecule has 0 aliphatic heterocycles. The number of aryl methyl sites for hydroxylation is 1. The molecule has 1 amide bonds. The third-order valence-corrected chi connectivity index (χ3v) is 2.76. The molecule has 20 heavy (non-hydrogen) atoms. The predicted octanol–water partition coefficient (Wildman–Crippen LogP) is -0.0578. The highest BCUT2D eigenvalue weighted by Gasteiger charge is 2.04. The molecule has 2 rings (SSSR count). The molecular formula is C13H19N5O2. The van der Waals surface area contributed by atoms with E-state index in [1.54, 1.807) is 17.1 Å². The lowest BCUT2D eigenvalue weighted by molar-refractivity contribution is -0.122. The standard InChI is InChI=1S/C13H19N5O2/c1-17-4-2-11(8-17)6-15-12-7-16-18(9-12)10-13(20)14-3-5-19/h2,4,7-9,15,19H,3,5-6,10H2,1H3,(H,14,20). The van der Waals surface area contributed by atoms with E-state index < -0.39 is 0 Å². The molecule has 0 aromatic carbocycles. The largest absolute Gasteiger partial charge is 0.395 e. The van der Waals surface area contributed by atoms with E-state index in [-0.39, 0.29) is 25.6 Å². The van der Waals surface area contributed by atoms with Gasteiger partial charge in [-0.05, 0) is 11.6 Å². The fourth-order valence-corrected chi connectivity index (χ4v) is 1.81. The highest BCUT2D eigenvalue weighted by atomic mass is 16.3. The topological polar surface area (TPSA) is 84.1 Å². The van der Waals surface area contributed by atoms with Crippen LogP contribution in [0.15, 0.2) is 30.9 Å². The molecule has 2 aromatic heterocycles. The van der Waals surface area contributed by atoms with E-state index in [2.05, 4.69) is 15.7 Å². The van der Waals surface area contributed by atoms with Crippen molar-refractivity contribution in [2.75, 3.05) is 18.5 Å². The molecule has 0 aliphatic carbocycles. The van der Waals surface area contributed by atoms with Gasteiger partial charge in [0.15, 0.2) is 0 Å². The number of anilines is 1. The van der Waals surface area contributed by atoms with Gasteiger partial charge in [-0.25, -0.2) is 0 Å². The van der Waals surface area contributed by atoms with Gasteiger partial charge < -0.3 is 20.3 Å². The summed E-state index contributed by atoms with van der Waals surface area (Å²) in [6, 6.07) is 2.04. The normalized spacial score (nSPS) is 10.5. The third kappa shape index (κ3) is 4.13. The first-order valence-electron chi connectivity index (χ1n) is 6.42. The van der Waals surface area contributed by atoms with Gasteiger partial charge >= 0.3 is 0 Å². The van der Waals surface area contributed by atoms with E-state index in [1.807, 2.05) is 30.1 Å². The minimum absolute atomic E-state index is 0.0608. The maximum Gasteiger partial charge on any atom is 0.241 e. The van der Waals surface area contributed by atoms with Crippen LogP contribution in [0, 0.1) is 0 Å². The summed E-state index contributed by atoms with van der Waals surface area (Å²) in [5, 5.41) is 18.5. The molecular weight excluding hydrogens is 258 g/mol. The Morgan fingerprint density at radius 3 is 3.00 bits per heavy atom. The van der Waals surface area contributed by atoms with Gasteiger partial charge in [0.2, 0.25) is 5.91 Å². The summed E-state index contributed by atoms with van der Waals surface area (Å²) in [7, 11) is 1.98. The van der Waals surface area contributed by atoms with Gasteiger partial charge in [-0.1, -0.05) is 0 Å². The van der Waals surface area contributed by atoms with Gasteiger partial charge in [0, 0.05) is 38.7 Å². The maximum atomic E-state index is 11.5. The summed E-state index contributed by atoms with van der Waals surface area (Å²) in [4.78, 5) is 11.5. The summed E-state index contributed by atoms with van der Waals surface area (Å²) in [5.41, 5.74) is 2.05. The number of nitrogens with zero attached hydrogens (tertiary/aromatic N) is 3. The maximum absolute atomic E-state index is 11.5. The minimum atomic E-state index is -0.170. The average molecular weight is 277 g/mol. The van der Waals surface area contributed by atoms with Crippen molar-refractivity contribution in [2.45, 2.75) is 13.1 Å². The van der Waals surface area contributed by atoms with Crippen LogP contribution in [0.3, 0.4) is 0 Å². The Labute approximate surface area is 117 Å². The number of carbonyl (C=O) groups is 1. The Hall–Kier alpha value is -2.28. The molecule has 0 fully saturated rings. The van der Waals surface area contributed by atoms with Gasteiger partial charge in [0.25, 0.3) is 0 Å². The van der Waals surface area contributed by atoms with Gasteiger partial charge in [-0.3, -0.25) is 9.48 Å². The SMILES string of the molecule is Cn1ccc(CNc2cnn(CC(=O)NCCO)c2)c1. The van der Waals surface area contributed by atoms with Crippen LogP contribution < -0.4 is 10.6 Å². The second kappa shape index (κ2) is 6.76. The van der Waals surface area contributed by atoms with Crippen molar-refractivity contribution in [3.63, 3.8) is 0 Å². The Bertz CT molecular complexity index is 561. The molecule has 0 saturated heterocycles. The van der Waals surface area contributed by atoms with E-state index in [0.717, 1.165) is 5.69 Å². The van der Waals surface area contributed by atoms with Crippen LogP contribution in [0.4, 0.5) is 5.69 Å². The van der Waals surface area contributed by atoms with Crippen LogP contribution in [0.1, 0.15) is 5.56 Å². The highest BCUT2D eigenvalue weighted by molar-refractivity contribution is 5.75. The average Bonchev–Trinajstić information content (AvgIpc) is 3.03. The molecule has 0 atom stereocenters.